The zero-order valence-electron chi connectivity index (χ0n) is 9.62. The molecular weight excluding hydrogens is 194 g/mol. The number of amides is 2. The maximum atomic E-state index is 11.7. The lowest BCUT2D eigenvalue weighted by Gasteiger charge is -2.35. The Morgan fingerprint density at radius 2 is 1.80 bits per heavy atom. The van der Waals surface area contributed by atoms with E-state index in [1.807, 2.05) is 20.8 Å². The van der Waals surface area contributed by atoms with Crippen LogP contribution in [0.4, 0.5) is 0 Å². The average molecular weight is 213 g/mol. The number of carbonyl (C=O) groups excluding carboxylic acids is 2. The summed E-state index contributed by atoms with van der Waals surface area (Å²) >= 11 is 0. The van der Waals surface area contributed by atoms with Crippen molar-refractivity contribution in [3.05, 3.63) is 0 Å². The van der Waals surface area contributed by atoms with Crippen LogP contribution in [0.5, 0.6) is 0 Å². The fourth-order valence-corrected chi connectivity index (χ4v) is 1.78. The third-order valence-corrected chi connectivity index (χ3v) is 2.67. The zero-order chi connectivity index (χ0) is 11.6. The predicted octanol–water partition coefficient (Wildman–Crippen LogP) is 0.790. The molecule has 86 valence electrons. The van der Waals surface area contributed by atoms with Gasteiger partial charge in [0, 0.05) is 26.0 Å². The number of hydrogen-bond donors (Lipinski definition) is 1. The van der Waals surface area contributed by atoms with E-state index in [1.54, 1.807) is 0 Å². The van der Waals surface area contributed by atoms with E-state index < -0.39 is 0 Å². The topological polar surface area (TPSA) is 57.6 Å². The van der Waals surface area contributed by atoms with E-state index in [0.29, 0.717) is 19.4 Å². The molecular formula is C11H19NO3. The Bertz CT molecular complexity index is 253. The van der Waals surface area contributed by atoms with Gasteiger partial charge in [-0.25, -0.2) is 0 Å². The molecule has 0 radical (unpaired) electrons. The van der Waals surface area contributed by atoms with Crippen molar-refractivity contribution in [2.75, 3.05) is 13.2 Å². The fraction of sp³-hybridized carbons (Fsp3) is 0.818. The molecule has 1 aliphatic rings. The molecule has 1 saturated heterocycles. The van der Waals surface area contributed by atoms with Crippen molar-refractivity contribution < 1.29 is 14.7 Å². The lowest BCUT2D eigenvalue weighted by molar-refractivity contribution is -0.153. The molecule has 0 saturated carbocycles. The van der Waals surface area contributed by atoms with Gasteiger partial charge in [-0.15, -0.1) is 0 Å². The van der Waals surface area contributed by atoms with Crippen LogP contribution >= 0.6 is 0 Å². The van der Waals surface area contributed by atoms with Crippen LogP contribution in [-0.2, 0) is 9.59 Å². The minimum Gasteiger partial charge on any atom is -0.396 e. The van der Waals surface area contributed by atoms with Gasteiger partial charge in [-0.2, -0.15) is 0 Å². The van der Waals surface area contributed by atoms with Crippen LogP contribution in [0.15, 0.2) is 0 Å². The maximum Gasteiger partial charge on any atom is 0.229 e. The lowest BCUT2D eigenvalue weighted by Crippen LogP contribution is -2.48. The average Bonchev–Trinajstić information content (AvgIpc) is 2.09. The van der Waals surface area contributed by atoms with Crippen LogP contribution in [0, 0.1) is 11.3 Å². The number of aliphatic hydroxyl groups excluding tert-OH is 1. The first kappa shape index (κ1) is 12.2. The largest absolute Gasteiger partial charge is 0.396 e. The summed E-state index contributed by atoms with van der Waals surface area (Å²) in [5, 5.41) is 8.89. The predicted molar refractivity (Wildman–Crippen MR) is 56.0 cm³/mol. The second-order valence-corrected chi connectivity index (χ2v) is 5.20. The molecule has 1 heterocycles. The third kappa shape index (κ3) is 3.02. The van der Waals surface area contributed by atoms with Crippen molar-refractivity contribution in [2.24, 2.45) is 11.3 Å². The van der Waals surface area contributed by atoms with Crippen molar-refractivity contribution in [3.63, 3.8) is 0 Å². The van der Waals surface area contributed by atoms with E-state index >= 15 is 0 Å². The number of rotatable bonds is 3. The Morgan fingerprint density at radius 3 is 2.20 bits per heavy atom. The SMILES string of the molecule is CC(CO)CN1C(=O)CC(C)(C)CC1=O. The Hall–Kier alpha value is -0.900. The van der Waals surface area contributed by atoms with Crippen LogP contribution < -0.4 is 0 Å². The van der Waals surface area contributed by atoms with E-state index in [9.17, 15) is 9.59 Å². The second-order valence-electron chi connectivity index (χ2n) is 5.20. The van der Waals surface area contributed by atoms with Crippen molar-refractivity contribution in [1.82, 2.24) is 4.90 Å². The summed E-state index contributed by atoms with van der Waals surface area (Å²) in [5.74, 6) is -0.271. The summed E-state index contributed by atoms with van der Waals surface area (Å²) in [4.78, 5) is 24.7. The molecule has 1 fully saturated rings. The molecule has 0 aromatic carbocycles. The molecule has 0 aromatic heterocycles. The van der Waals surface area contributed by atoms with Crippen molar-refractivity contribution in [3.8, 4) is 0 Å². The molecule has 1 N–H and O–H groups in total. The Balaban J connectivity index is 2.67. The number of carbonyl (C=O) groups is 2. The zero-order valence-corrected chi connectivity index (χ0v) is 9.62. The van der Waals surface area contributed by atoms with Gasteiger partial charge in [-0.05, 0) is 11.3 Å². The van der Waals surface area contributed by atoms with Gasteiger partial charge in [0.15, 0.2) is 0 Å². The summed E-state index contributed by atoms with van der Waals surface area (Å²) in [6, 6.07) is 0. The highest BCUT2D eigenvalue weighted by Crippen LogP contribution is 2.31. The molecule has 0 aliphatic carbocycles. The number of piperidine rings is 1. The van der Waals surface area contributed by atoms with Crippen LogP contribution in [0.2, 0.25) is 0 Å². The lowest BCUT2D eigenvalue weighted by atomic mass is 9.81. The van der Waals surface area contributed by atoms with Crippen molar-refractivity contribution in [2.45, 2.75) is 33.6 Å². The van der Waals surface area contributed by atoms with Crippen LogP contribution in [-0.4, -0.2) is 35.0 Å². The minimum absolute atomic E-state index is 0.000449. The number of nitrogens with zero attached hydrogens (tertiary/aromatic N) is 1. The maximum absolute atomic E-state index is 11.7. The third-order valence-electron chi connectivity index (χ3n) is 2.67. The van der Waals surface area contributed by atoms with Gasteiger partial charge in [-0.1, -0.05) is 20.8 Å². The van der Waals surface area contributed by atoms with Crippen LogP contribution in [0.25, 0.3) is 0 Å². The first-order chi connectivity index (χ1) is 6.85. The molecule has 4 nitrogen and oxygen atoms in total. The molecule has 1 rings (SSSR count). The van der Waals surface area contributed by atoms with E-state index in [2.05, 4.69) is 0 Å². The standard InChI is InChI=1S/C11H19NO3/c1-8(7-13)6-12-9(14)4-11(2,3)5-10(12)15/h8,13H,4-7H2,1-3H3. The van der Waals surface area contributed by atoms with E-state index in [4.69, 9.17) is 5.11 Å². The molecule has 2 amide bonds. The summed E-state index contributed by atoms with van der Waals surface area (Å²) in [6.07, 6.45) is 0.827. The van der Waals surface area contributed by atoms with Gasteiger partial charge in [0.25, 0.3) is 0 Å². The van der Waals surface area contributed by atoms with Gasteiger partial charge in [0.1, 0.15) is 0 Å². The monoisotopic (exact) mass is 213 g/mol. The van der Waals surface area contributed by atoms with Gasteiger partial charge in [0.2, 0.25) is 11.8 Å². The van der Waals surface area contributed by atoms with Gasteiger partial charge in [0.05, 0.1) is 0 Å². The second kappa shape index (κ2) is 4.31. The molecule has 4 heteroatoms. The molecule has 0 aromatic rings. The molecule has 15 heavy (non-hydrogen) atoms. The van der Waals surface area contributed by atoms with Gasteiger partial charge in [-0.3, -0.25) is 14.5 Å². The Labute approximate surface area is 90.3 Å². The number of likely N-dealkylation sites (tertiary alicyclic amines) is 1. The van der Waals surface area contributed by atoms with E-state index in [0.717, 1.165) is 0 Å². The minimum atomic E-state index is -0.215. The quantitative estimate of drug-likeness (QED) is 0.705. The molecule has 0 bridgehead atoms. The summed E-state index contributed by atoms with van der Waals surface area (Å²) in [6.45, 7) is 6.01. The molecule has 1 atom stereocenters. The first-order valence-electron chi connectivity index (χ1n) is 5.30. The first-order valence-corrected chi connectivity index (χ1v) is 5.30. The number of imide groups is 1. The smallest absolute Gasteiger partial charge is 0.229 e. The van der Waals surface area contributed by atoms with Crippen LogP contribution in [0.1, 0.15) is 33.6 Å². The molecule has 1 unspecified atom stereocenters. The van der Waals surface area contributed by atoms with Crippen molar-refractivity contribution in [1.29, 1.82) is 0 Å². The summed E-state index contributed by atoms with van der Waals surface area (Å²) in [7, 11) is 0. The highest BCUT2D eigenvalue weighted by Gasteiger charge is 2.37. The van der Waals surface area contributed by atoms with E-state index in [-0.39, 0.29) is 29.8 Å². The van der Waals surface area contributed by atoms with Crippen LogP contribution in [0.3, 0.4) is 0 Å². The van der Waals surface area contributed by atoms with Gasteiger partial charge >= 0.3 is 0 Å². The number of aliphatic hydroxyl groups is 1. The molecule has 0 spiro atoms. The highest BCUT2D eigenvalue weighted by molar-refractivity contribution is 5.98. The van der Waals surface area contributed by atoms with E-state index in [1.165, 1.54) is 4.90 Å². The molecule has 1 aliphatic heterocycles. The normalized spacial score (nSPS) is 23.1. The fourth-order valence-electron chi connectivity index (χ4n) is 1.78. The number of hydrogen-bond acceptors (Lipinski definition) is 3. The highest BCUT2D eigenvalue weighted by atomic mass is 16.3. The summed E-state index contributed by atoms with van der Waals surface area (Å²) < 4.78 is 0. The van der Waals surface area contributed by atoms with Crippen molar-refractivity contribution >= 4 is 11.8 Å². The Morgan fingerprint density at radius 1 is 1.33 bits per heavy atom. The van der Waals surface area contributed by atoms with Gasteiger partial charge < -0.3 is 5.11 Å². The Kier molecular flexibility index (Phi) is 3.50. The summed E-state index contributed by atoms with van der Waals surface area (Å²) in [5.41, 5.74) is -0.215.